The number of piperidine rings is 1. The van der Waals surface area contributed by atoms with Gasteiger partial charge in [0.25, 0.3) is 0 Å². The summed E-state index contributed by atoms with van der Waals surface area (Å²) in [6, 6.07) is 2.50. The summed E-state index contributed by atoms with van der Waals surface area (Å²) in [5.74, 6) is 1.38. The monoisotopic (exact) mass is 313 g/mol. The lowest BCUT2D eigenvalue weighted by molar-refractivity contribution is -0.126. The first-order valence-electron chi connectivity index (χ1n) is 8.57. The molecule has 23 heavy (non-hydrogen) atoms. The predicted octanol–water partition coefficient (Wildman–Crippen LogP) is 1.92. The molecule has 1 saturated carbocycles. The molecule has 0 radical (unpaired) electrons. The van der Waals surface area contributed by atoms with E-state index < -0.39 is 0 Å². The number of carbonyl (C=O) groups excluding carboxylic acids is 1. The number of amides is 1. The molecule has 6 nitrogen and oxygen atoms in total. The molecule has 1 N–H and O–H groups in total. The van der Waals surface area contributed by atoms with E-state index in [0.29, 0.717) is 6.04 Å². The van der Waals surface area contributed by atoms with Crippen LogP contribution >= 0.6 is 0 Å². The molecule has 2 aromatic heterocycles. The lowest BCUT2D eigenvalue weighted by atomic mass is 9.90. The summed E-state index contributed by atoms with van der Waals surface area (Å²) in [4.78, 5) is 19.1. The fraction of sp³-hybridized carbons (Fsp3) is 0.588. The van der Waals surface area contributed by atoms with Gasteiger partial charge in [0.2, 0.25) is 5.91 Å². The van der Waals surface area contributed by atoms with Gasteiger partial charge in [-0.15, -0.1) is 0 Å². The highest BCUT2D eigenvalue weighted by atomic mass is 16.2. The van der Waals surface area contributed by atoms with Crippen LogP contribution in [0.1, 0.15) is 37.8 Å². The summed E-state index contributed by atoms with van der Waals surface area (Å²) >= 11 is 0. The summed E-state index contributed by atoms with van der Waals surface area (Å²) in [5, 5.41) is 7.63. The van der Waals surface area contributed by atoms with Crippen LogP contribution in [0.3, 0.4) is 0 Å². The van der Waals surface area contributed by atoms with Crippen molar-refractivity contribution in [3.63, 3.8) is 0 Å². The smallest absolute Gasteiger partial charge is 0.223 e. The maximum atomic E-state index is 12.3. The van der Waals surface area contributed by atoms with Crippen LogP contribution in [0, 0.1) is 12.8 Å². The zero-order valence-electron chi connectivity index (χ0n) is 13.5. The number of hydrogen-bond acceptors (Lipinski definition) is 4. The molecule has 2 aliphatic rings. The number of anilines is 1. The molecule has 0 spiro atoms. The number of nitrogens with one attached hydrogen (secondary N) is 1. The molecule has 2 fully saturated rings. The van der Waals surface area contributed by atoms with Gasteiger partial charge in [0.15, 0.2) is 5.82 Å². The van der Waals surface area contributed by atoms with E-state index in [4.69, 9.17) is 0 Å². The molecule has 2 aromatic rings. The number of hydrogen-bond donors (Lipinski definition) is 1. The Bertz CT molecular complexity index is 713. The number of nitrogens with zero attached hydrogens (tertiary/aromatic N) is 4. The minimum absolute atomic E-state index is 0.151. The first-order valence-corrected chi connectivity index (χ1v) is 8.57. The summed E-state index contributed by atoms with van der Waals surface area (Å²) in [6.45, 7) is 3.74. The SMILES string of the molecule is Cc1cc2c(N3CCC(C(=O)NC4CCC4)CC3)nccn2n1. The Morgan fingerprint density at radius 3 is 2.74 bits per heavy atom. The van der Waals surface area contributed by atoms with Crippen molar-refractivity contribution in [1.29, 1.82) is 0 Å². The van der Waals surface area contributed by atoms with Gasteiger partial charge in [-0.25, -0.2) is 9.50 Å². The summed E-state index contributed by atoms with van der Waals surface area (Å²) in [6.07, 6.45) is 9.02. The van der Waals surface area contributed by atoms with Gasteiger partial charge in [-0.3, -0.25) is 4.79 Å². The Labute approximate surface area is 135 Å². The topological polar surface area (TPSA) is 62.5 Å². The predicted molar refractivity (Wildman–Crippen MR) is 88.4 cm³/mol. The van der Waals surface area contributed by atoms with Crippen molar-refractivity contribution in [2.24, 2.45) is 5.92 Å². The number of aromatic nitrogens is 3. The van der Waals surface area contributed by atoms with Gasteiger partial charge in [-0.2, -0.15) is 5.10 Å². The Morgan fingerprint density at radius 2 is 2.04 bits per heavy atom. The van der Waals surface area contributed by atoms with Crippen LogP contribution in [0.4, 0.5) is 5.82 Å². The highest BCUT2D eigenvalue weighted by molar-refractivity contribution is 5.79. The van der Waals surface area contributed by atoms with Crippen molar-refractivity contribution in [3.8, 4) is 0 Å². The number of carbonyl (C=O) groups is 1. The first-order chi connectivity index (χ1) is 11.2. The zero-order valence-corrected chi connectivity index (χ0v) is 13.5. The van der Waals surface area contributed by atoms with Gasteiger partial charge in [0, 0.05) is 37.4 Å². The lowest BCUT2D eigenvalue weighted by Crippen LogP contribution is -2.46. The third-order valence-corrected chi connectivity index (χ3v) is 5.11. The van der Waals surface area contributed by atoms with E-state index >= 15 is 0 Å². The summed E-state index contributed by atoms with van der Waals surface area (Å²) < 4.78 is 1.88. The molecule has 0 atom stereocenters. The quantitative estimate of drug-likeness (QED) is 0.940. The Kier molecular flexibility index (Phi) is 3.67. The van der Waals surface area contributed by atoms with Crippen LogP contribution < -0.4 is 10.2 Å². The molecule has 0 bridgehead atoms. The zero-order chi connectivity index (χ0) is 15.8. The van der Waals surface area contributed by atoms with Crippen LogP contribution in [0.25, 0.3) is 5.52 Å². The van der Waals surface area contributed by atoms with Crippen molar-refractivity contribution < 1.29 is 4.79 Å². The van der Waals surface area contributed by atoms with E-state index in [1.807, 2.05) is 17.6 Å². The first kappa shape index (κ1) is 14.5. The molecule has 4 rings (SSSR count). The molecule has 0 unspecified atom stereocenters. The second kappa shape index (κ2) is 5.83. The molecular formula is C17H23N5O. The van der Waals surface area contributed by atoms with Crippen LogP contribution in [0.5, 0.6) is 0 Å². The maximum absolute atomic E-state index is 12.3. The largest absolute Gasteiger partial charge is 0.355 e. The van der Waals surface area contributed by atoms with E-state index in [1.54, 1.807) is 6.20 Å². The van der Waals surface area contributed by atoms with Gasteiger partial charge in [-0.05, 0) is 45.1 Å². The standard InChI is InChI=1S/C17H23N5O/c1-12-11-15-16(18-7-10-22(15)20-12)21-8-5-13(6-9-21)17(23)19-14-3-2-4-14/h7,10-11,13-14H,2-6,8-9H2,1H3,(H,19,23). The van der Waals surface area contributed by atoms with E-state index in [9.17, 15) is 4.79 Å². The second-order valence-electron chi connectivity index (χ2n) is 6.76. The van der Waals surface area contributed by atoms with Crippen molar-refractivity contribution in [3.05, 3.63) is 24.2 Å². The van der Waals surface area contributed by atoms with Crippen LogP contribution in [-0.2, 0) is 4.79 Å². The van der Waals surface area contributed by atoms with Crippen molar-refractivity contribution in [1.82, 2.24) is 19.9 Å². The van der Waals surface area contributed by atoms with Gasteiger partial charge >= 0.3 is 0 Å². The maximum Gasteiger partial charge on any atom is 0.223 e. The highest BCUT2D eigenvalue weighted by Crippen LogP contribution is 2.26. The lowest BCUT2D eigenvalue weighted by Gasteiger charge is -2.34. The number of fused-ring (bicyclic) bond motifs is 1. The summed E-state index contributed by atoms with van der Waals surface area (Å²) in [7, 11) is 0. The van der Waals surface area contributed by atoms with Gasteiger partial charge in [-0.1, -0.05) is 0 Å². The number of rotatable bonds is 3. The third-order valence-electron chi connectivity index (χ3n) is 5.11. The molecule has 122 valence electrons. The fourth-order valence-corrected chi connectivity index (χ4v) is 3.50. The minimum Gasteiger partial charge on any atom is -0.355 e. The average Bonchev–Trinajstić information content (AvgIpc) is 2.91. The number of aryl methyl sites for hydroxylation is 1. The molecule has 1 amide bonds. The fourth-order valence-electron chi connectivity index (χ4n) is 3.50. The Balaban J connectivity index is 1.43. The highest BCUT2D eigenvalue weighted by Gasteiger charge is 2.29. The second-order valence-corrected chi connectivity index (χ2v) is 6.76. The molecular weight excluding hydrogens is 290 g/mol. The van der Waals surface area contributed by atoms with E-state index in [2.05, 4.69) is 26.4 Å². The van der Waals surface area contributed by atoms with Crippen LogP contribution in [0.2, 0.25) is 0 Å². The van der Waals surface area contributed by atoms with E-state index in [0.717, 1.165) is 55.8 Å². The van der Waals surface area contributed by atoms with E-state index in [-0.39, 0.29) is 11.8 Å². The molecule has 3 heterocycles. The van der Waals surface area contributed by atoms with E-state index in [1.165, 1.54) is 6.42 Å². The van der Waals surface area contributed by atoms with Crippen molar-refractivity contribution in [2.75, 3.05) is 18.0 Å². The van der Waals surface area contributed by atoms with Crippen molar-refractivity contribution in [2.45, 2.75) is 45.1 Å². The molecule has 1 aliphatic carbocycles. The Hall–Kier alpha value is -2.11. The molecule has 1 saturated heterocycles. The minimum atomic E-state index is 0.151. The van der Waals surface area contributed by atoms with Gasteiger partial charge in [0.05, 0.1) is 5.69 Å². The molecule has 0 aromatic carbocycles. The normalized spacial score (nSPS) is 19.8. The molecule has 1 aliphatic heterocycles. The van der Waals surface area contributed by atoms with Gasteiger partial charge < -0.3 is 10.2 Å². The summed E-state index contributed by atoms with van der Waals surface area (Å²) in [5.41, 5.74) is 2.04. The third kappa shape index (κ3) is 2.78. The van der Waals surface area contributed by atoms with Crippen molar-refractivity contribution >= 4 is 17.2 Å². The van der Waals surface area contributed by atoms with Crippen LogP contribution in [0.15, 0.2) is 18.5 Å². The van der Waals surface area contributed by atoms with Crippen LogP contribution in [-0.4, -0.2) is 39.6 Å². The Morgan fingerprint density at radius 1 is 1.26 bits per heavy atom. The average molecular weight is 313 g/mol. The molecule has 6 heteroatoms. The van der Waals surface area contributed by atoms with Gasteiger partial charge in [0.1, 0.15) is 5.52 Å².